The van der Waals surface area contributed by atoms with E-state index in [-0.39, 0.29) is 4.90 Å². The number of nitrogens with zero attached hydrogens (tertiary/aromatic N) is 1. The fourth-order valence-corrected chi connectivity index (χ4v) is 3.07. The van der Waals surface area contributed by atoms with Crippen molar-refractivity contribution in [3.8, 4) is 0 Å². The van der Waals surface area contributed by atoms with E-state index in [2.05, 4.69) is 23.9 Å². The Morgan fingerprint density at radius 3 is 1.65 bits per heavy atom. The maximum Gasteiger partial charge on any atom is 0.259 e. The summed E-state index contributed by atoms with van der Waals surface area (Å²) in [4.78, 5) is 7.57. The van der Waals surface area contributed by atoms with E-state index in [1.54, 1.807) is 42.5 Å². The van der Waals surface area contributed by atoms with Crippen molar-refractivity contribution in [2.24, 2.45) is 0 Å². The SMILES string of the molecule is CON(NS(=O)(=O)c1ccccc1)c1ccccc1.Cc1ccccc1. The largest absolute Gasteiger partial charge is 0.260 e. The highest BCUT2D eigenvalue weighted by atomic mass is 32.2. The molecule has 0 bridgehead atoms. The molecule has 5 nitrogen and oxygen atoms in total. The number of hydrazine groups is 1. The van der Waals surface area contributed by atoms with Crippen LogP contribution in [0.1, 0.15) is 5.56 Å². The van der Waals surface area contributed by atoms with Gasteiger partial charge in [0.15, 0.2) is 0 Å². The van der Waals surface area contributed by atoms with Gasteiger partial charge in [-0.2, -0.15) is 5.17 Å². The van der Waals surface area contributed by atoms with Crippen molar-refractivity contribution in [2.75, 3.05) is 12.3 Å². The molecule has 0 atom stereocenters. The standard InChI is InChI=1S/C13H14N2O3S.C7H8/c1-18-15(12-8-4-2-5-9-12)14-19(16,17)13-10-6-3-7-11-13;1-7-5-3-2-4-6-7/h2-11,14H,1H3;2-6H,1H3. The first-order valence-electron chi connectivity index (χ1n) is 8.01. The Kier molecular flexibility index (Phi) is 7.35. The van der Waals surface area contributed by atoms with E-state index in [1.165, 1.54) is 24.8 Å². The summed E-state index contributed by atoms with van der Waals surface area (Å²) < 4.78 is 24.3. The first-order valence-corrected chi connectivity index (χ1v) is 9.49. The van der Waals surface area contributed by atoms with Crippen LogP contribution in [0, 0.1) is 6.92 Å². The van der Waals surface area contributed by atoms with E-state index in [1.807, 2.05) is 24.3 Å². The smallest absolute Gasteiger partial charge is 0.259 e. The third-order valence-corrected chi connectivity index (χ3v) is 4.67. The minimum Gasteiger partial charge on any atom is -0.260 e. The Labute approximate surface area is 154 Å². The van der Waals surface area contributed by atoms with Crippen molar-refractivity contribution in [3.05, 3.63) is 96.6 Å². The quantitative estimate of drug-likeness (QED) is 0.691. The van der Waals surface area contributed by atoms with E-state index >= 15 is 0 Å². The highest BCUT2D eigenvalue weighted by molar-refractivity contribution is 7.89. The maximum atomic E-state index is 12.1. The Bertz CT molecular complexity index is 871. The molecule has 0 saturated carbocycles. The summed E-state index contributed by atoms with van der Waals surface area (Å²) in [5.41, 5.74) is 1.91. The summed E-state index contributed by atoms with van der Waals surface area (Å²) in [6, 6.07) is 27.3. The number of rotatable bonds is 5. The van der Waals surface area contributed by atoms with Crippen molar-refractivity contribution < 1.29 is 13.3 Å². The molecule has 6 heteroatoms. The number of anilines is 1. The van der Waals surface area contributed by atoms with Crippen molar-refractivity contribution >= 4 is 15.7 Å². The number of hydrogen-bond acceptors (Lipinski definition) is 4. The van der Waals surface area contributed by atoms with Gasteiger partial charge in [0.1, 0.15) is 0 Å². The molecule has 3 rings (SSSR count). The lowest BCUT2D eigenvalue weighted by Crippen LogP contribution is -2.41. The topological polar surface area (TPSA) is 58.6 Å². The average molecular weight is 370 g/mol. The van der Waals surface area contributed by atoms with Crippen LogP contribution in [-0.2, 0) is 14.9 Å². The summed E-state index contributed by atoms with van der Waals surface area (Å²) in [6.45, 7) is 2.08. The second-order valence-corrected chi connectivity index (χ2v) is 7.04. The van der Waals surface area contributed by atoms with Crippen LogP contribution in [0.5, 0.6) is 0 Å². The molecule has 136 valence electrons. The van der Waals surface area contributed by atoms with Crippen LogP contribution in [0.25, 0.3) is 0 Å². The lowest BCUT2D eigenvalue weighted by atomic mass is 10.2. The van der Waals surface area contributed by atoms with Gasteiger partial charge in [-0.3, -0.25) is 4.84 Å². The molecule has 3 aromatic rings. The molecule has 26 heavy (non-hydrogen) atoms. The highest BCUT2D eigenvalue weighted by Gasteiger charge is 2.18. The molecule has 0 fully saturated rings. The lowest BCUT2D eigenvalue weighted by Gasteiger charge is -2.21. The van der Waals surface area contributed by atoms with Crippen LogP contribution in [0.15, 0.2) is 95.9 Å². The lowest BCUT2D eigenvalue weighted by molar-refractivity contribution is 0.154. The van der Waals surface area contributed by atoms with Gasteiger partial charge in [-0.15, -0.1) is 0 Å². The Morgan fingerprint density at radius 1 is 0.769 bits per heavy atom. The van der Waals surface area contributed by atoms with Crippen LogP contribution >= 0.6 is 0 Å². The number of aryl methyl sites for hydroxylation is 1. The second kappa shape index (κ2) is 9.72. The van der Waals surface area contributed by atoms with Gasteiger partial charge in [0.05, 0.1) is 17.7 Å². The molecular weight excluding hydrogens is 348 g/mol. The highest BCUT2D eigenvalue weighted by Crippen LogP contribution is 2.14. The fraction of sp³-hybridized carbons (Fsp3) is 0.100. The van der Waals surface area contributed by atoms with Gasteiger partial charge in [0, 0.05) is 0 Å². The number of benzene rings is 3. The van der Waals surface area contributed by atoms with Crippen molar-refractivity contribution in [3.63, 3.8) is 0 Å². The summed E-state index contributed by atoms with van der Waals surface area (Å²) in [5.74, 6) is 0. The van der Waals surface area contributed by atoms with E-state index in [0.29, 0.717) is 5.69 Å². The molecule has 0 radical (unpaired) electrons. The van der Waals surface area contributed by atoms with Gasteiger partial charge in [0.2, 0.25) is 0 Å². The number of para-hydroxylation sites is 1. The Balaban J connectivity index is 0.000000290. The van der Waals surface area contributed by atoms with Gasteiger partial charge in [-0.1, -0.05) is 77.1 Å². The number of hydrogen-bond donors (Lipinski definition) is 1. The molecular formula is C20H22N2O3S. The third kappa shape index (κ3) is 6.00. The molecule has 0 aliphatic rings. The van der Waals surface area contributed by atoms with Crippen LogP contribution in [0.2, 0.25) is 0 Å². The van der Waals surface area contributed by atoms with Crippen molar-refractivity contribution in [2.45, 2.75) is 11.8 Å². The van der Waals surface area contributed by atoms with Gasteiger partial charge in [0.25, 0.3) is 10.0 Å². The summed E-state index contributed by atoms with van der Waals surface area (Å²) >= 11 is 0. The first kappa shape index (κ1) is 19.7. The average Bonchev–Trinajstić information content (AvgIpc) is 2.69. The number of nitrogens with one attached hydrogen (secondary N) is 1. The summed E-state index contributed by atoms with van der Waals surface area (Å²) in [5, 5.41) is 1.10. The predicted molar refractivity (Wildman–Crippen MR) is 104 cm³/mol. The maximum absolute atomic E-state index is 12.1. The Morgan fingerprint density at radius 2 is 1.23 bits per heavy atom. The molecule has 1 N–H and O–H groups in total. The first-order chi connectivity index (χ1) is 12.5. The monoisotopic (exact) mass is 370 g/mol. The molecule has 0 aliphatic heterocycles. The molecule has 0 spiro atoms. The van der Waals surface area contributed by atoms with Gasteiger partial charge in [-0.25, -0.2) is 8.42 Å². The van der Waals surface area contributed by atoms with E-state index in [9.17, 15) is 8.42 Å². The minimum atomic E-state index is -3.67. The second-order valence-electron chi connectivity index (χ2n) is 5.37. The zero-order valence-corrected chi connectivity index (χ0v) is 15.6. The minimum absolute atomic E-state index is 0.174. The fourth-order valence-electron chi connectivity index (χ4n) is 2.05. The predicted octanol–water partition coefficient (Wildman–Crippen LogP) is 3.94. The van der Waals surface area contributed by atoms with E-state index < -0.39 is 10.0 Å². The third-order valence-electron chi connectivity index (χ3n) is 3.37. The van der Waals surface area contributed by atoms with E-state index in [4.69, 9.17) is 4.84 Å². The summed E-state index contributed by atoms with van der Waals surface area (Å²) in [6.07, 6.45) is 0. The molecule has 0 amide bonds. The van der Waals surface area contributed by atoms with Crippen LogP contribution in [-0.4, -0.2) is 15.5 Å². The van der Waals surface area contributed by atoms with Gasteiger partial charge < -0.3 is 0 Å². The molecule has 0 aliphatic carbocycles. The molecule has 0 saturated heterocycles. The van der Waals surface area contributed by atoms with Crippen LogP contribution < -0.4 is 10.0 Å². The number of sulfonamides is 1. The zero-order valence-electron chi connectivity index (χ0n) is 14.7. The van der Waals surface area contributed by atoms with Crippen molar-refractivity contribution in [1.29, 1.82) is 0 Å². The molecule has 3 aromatic carbocycles. The van der Waals surface area contributed by atoms with Crippen LogP contribution in [0.4, 0.5) is 5.69 Å². The normalized spacial score (nSPS) is 10.5. The van der Waals surface area contributed by atoms with E-state index in [0.717, 1.165) is 5.17 Å². The molecule has 0 unspecified atom stereocenters. The van der Waals surface area contributed by atoms with Gasteiger partial charge in [-0.05, 0) is 31.2 Å². The molecule has 0 heterocycles. The van der Waals surface area contributed by atoms with Crippen molar-refractivity contribution in [1.82, 2.24) is 4.83 Å². The van der Waals surface area contributed by atoms with Gasteiger partial charge >= 0.3 is 0 Å². The molecule has 0 aromatic heterocycles. The van der Waals surface area contributed by atoms with Crippen LogP contribution in [0.3, 0.4) is 0 Å². The summed E-state index contributed by atoms with van der Waals surface area (Å²) in [7, 11) is -2.28. The zero-order chi connectivity index (χ0) is 18.8. The Hall–Kier alpha value is -2.67.